The molecule has 0 radical (unpaired) electrons. The van der Waals surface area contributed by atoms with E-state index in [0.29, 0.717) is 13.1 Å². The van der Waals surface area contributed by atoms with Crippen LogP contribution in [0.15, 0.2) is 12.7 Å². The molecule has 1 saturated heterocycles. The van der Waals surface area contributed by atoms with Gasteiger partial charge in [-0.3, -0.25) is 4.79 Å². The van der Waals surface area contributed by atoms with Crippen molar-refractivity contribution >= 4 is 15.7 Å². The first-order valence-corrected chi connectivity index (χ1v) is 8.16. The summed E-state index contributed by atoms with van der Waals surface area (Å²) in [6.45, 7) is 2.67. The number of likely N-dealkylation sites (tertiary alicyclic amines) is 1. The average Bonchev–Trinajstić information content (AvgIpc) is 2.92. The second kappa shape index (κ2) is 5.68. The van der Waals surface area contributed by atoms with Gasteiger partial charge >= 0.3 is 0 Å². The van der Waals surface area contributed by atoms with Gasteiger partial charge in [0.05, 0.1) is 6.04 Å². The van der Waals surface area contributed by atoms with Gasteiger partial charge in [0.15, 0.2) is 9.84 Å². The molecule has 19 heavy (non-hydrogen) atoms. The summed E-state index contributed by atoms with van der Waals surface area (Å²) < 4.78 is 24.7. The normalized spacial score (nSPS) is 20.5. The molecule has 1 aromatic heterocycles. The number of carbonyl (C=O) groups is 1. The fourth-order valence-corrected chi connectivity index (χ4v) is 2.95. The van der Waals surface area contributed by atoms with Crippen LogP contribution < -0.4 is 0 Å². The molecule has 0 aromatic carbocycles. The molecule has 1 aliphatic rings. The van der Waals surface area contributed by atoms with E-state index in [9.17, 15) is 13.2 Å². The van der Waals surface area contributed by atoms with E-state index in [0.717, 1.165) is 12.8 Å². The fraction of sp³-hybridized carbons (Fsp3) is 0.727. The Morgan fingerprint density at radius 3 is 2.89 bits per heavy atom. The van der Waals surface area contributed by atoms with E-state index in [1.54, 1.807) is 22.8 Å². The summed E-state index contributed by atoms with van der Waals surface area (Å²) in [6, 6.07) is 0.0875. The summed E-state index contributed by atoms with van der Waals surface area (Å²) >= 11 is 0. The Balaban J connectivity index is 1.99. The lowest BCUT2D eigenvalue weighted by Gasteiger charge is -2.32. The van der Waals surface area contributed by atoms with Crippen molar-refractivity contribution in [2.75, 3.05) is 24.6 Å². The van der Waals surface area contributed by atoms with Gasteiger partial charge in [-0.15, -0.1) is 0 Å². The molecule has 1 aromatic rings. The number of hydrogen-bond donors (Lipinski definition) is 0. The maximum Gasteiger partial charge on any atom is 0.237 e. The maximum atomic E-state index is 12.0. The molecular formula is C11H18N4O3S. The van der Waals surface area contributed by atoms with Crippen molar-refractivity contribution in [2.24, 2.45) is 0 Å². The van der Waals surface area contributed by atoms with Crippen molar-refractivity contribution in [1.82, 2.24) is 19.7 Å². The Hall–Kier alpha value is -1.44. The molecule has 1 aliphatic heterocycles. The number of piperidine rings is 1. The summed E-state index contributed by atoms with van der Waals surface area (Å²) in [5.41, 5.74) is 0. The molecule has 2 heterocycles. The van der Waals surface area contributed by atoms with Gasteiger partial charge in [-0.1, -0.05) is 6.92 Å². The summed E-state index contributed by atoms with van der Waals surface area (Å²) in [5, 5.41) is 4.07. The molecule has 1 unspecified atom stereocenters. The molecule has 0 spiro atoms. The summed E-state index contributed by atoms with van der Waals surface area (Å²) in [7, 11) is -3.27. The number of carbonyl (C=O) groups excluding carboxylic acids is 1. The Labute approximate surface area is 112 Å². The number of nitrogens with zero attached hydrogens (tertiary/aromatic N) is 4. The lowest BCUT2D eigenvalue weighted by atomic mass is 10.1. The van der Waals surface area contributed by atoms with Crippen molar-refractivity contribution in [2.45, 2.75) is 25.8 Å². The molecule has 8 heteroatoms. The van der Waals surface area contributed by atoms with Crippen LogP contribution in [0.4, 0.5) is 0 Å². The summed E-state index contributed by atoms with van der Waals surface area (Å²) in [4.78, 5) is 17.5. The van der Waals surface area contributed by atoms with Gasteiger partial charge in [0, 0.05) is 18.8 Å². The topological polar surface area (TPSA) is 85.2 Å². The van der Waals surface area contributed by atoms with Gasteiger partial charge in [-0.05, 0) is 12.8 Å². The van der Waals surface area contributed by atoms with Gasteiger partial charge < -0.3 is 4.90 Å². The summed E-state index contributed by atoms with van der Waals surface area (Å²) in [5.74, 6) is -0.709. The second-order valence-corrected chi connectivity index (χ2v) is 7.04. The molecule has 106 valence electrons. The number of hydrogen-bond acceptors (Lipinski definition) is 5. The zero-order valence-corrected chi connectivity index (χ0v) is 11.7. The Kier molecular flexibility index (Phi) is 4.18. The van der Waals surface area contributed by atoms with Gasteiger partial charge in [-0.25, -0.2) is 18.1 Å². The molecule has 0 saturated carbocycles. The van der Waals surface area contributed by atoms with Crippen LogP contribution in [0.2, 0.25) is 0 Å². The van der Waals surface area contributed by atoms with Crippen LogP contribution >= 0.6 is 0 Å². The SMILES string of the molecule is CCS(=O)(=O)CC(=O)N1CCCC(n2cncn2)C1. The highest BCUT2D eigenvalue weighted by atomic mass is 32.2. The van der Waals surface area contributed by atoms with Crippen molar-refractivity contribution in [1.29, 1.82) is 0 Å². The average molecular weight is 286 g/mol. The minimum Gasteiger partial charge on any atom is -0.340 e. The molecule has 1 amide bonds. The van der Waals surface area contributed by atoms with E-state index >= 15 is 0 Å². The van der Waals surface area contributed by atoms with Crippen LogP contribution in [-0.2, 0) is 14.6 Å². The molecule has 0 bridgehead atoms. The predicted molar refractivity (Wildman–Crippen MR) is 69.2 cm³/mol. The number of aromatic nitrogens is 3. The van der Waals surface area contributed by atoms with E-state index in [1.165, 1.54) is 6.33 Å². The van der Waals surface area contributed by atoms with Gasteiger partial charge in [-0.2, -0.15) is 5.10 Å². The van der Waals surface area contributed by atoms with E-state index < -0.39 is 15.6 Å². The highest BCUT2D eigenvalue weighted by Crippen LogP contribution is 2.20. The van der Waals surface area contributed by atoms with E-state index in [2.05, 4.69) is 10.1 Å². The van der Waals surface area contributed by atoms with Crippen molar-refractivity contribution in [3.05, 3.63) is 12.7 Å². The molecule has 1 fully saturated rings. The Morgan fingerprint density at radius 2 is 2.26 bits per heavy atom. The van der Waals surface area contributed by atoms with Gasteiger partial charge in [0.2, 0.25) is 5.91 Å². The minimum absolute atomic E-state index is 0.000908. The third-order valence-corrected chi connectivity index (χ3v) is 4.91. The van der Waals surface area contributed by atoms with Crippen LogP contribution in [-0.4, -0.2) is 58.6 Å². The first-order valence-electron chi connectivity index (χ1n) is 6.34. The van der Waals surface area contributed by atoms with Crippen LogP contribution in [0, 0.1) is 0 Å². The van der Waals surface area contributed by atoms with Crippen molar-refractivity contribution < 1.29 is 13.2 Å². The summed E-state index contributed by atoms with van der Waals surface area (Å²) in [6.07, 6.45) is 4.86. The first kappa shape index (κ1) is 14.0. The van der Waals surface area contributed by atoms with Crippen LogP contribution in [0.5, 0.6) is 0 Å². The zero-order chi connectivity index (χ0) is 13.9. The third-order valence-electron chi connectivity index (χ3n) is 3.34. The number of amides is 1. The molecule has 0 N–H and O–H groups in total. The number of sulfone groups is 1. The molecule has 0 aliphatic carbocycles. The Bertz CT molecular complexity index is 526. The van der Waals surface area contributed by atoms with Crippen LogP contribution in [0.25, 0.3) is 0 Å². The monoisotopic (exact) mass is 286 g/mol. The molecule has 7 nitrogen and oxygen atoms in total. The number of rotatable bonds is 4. The fourth-order valence-electron chi connectivity index (χ4n) is 2.18. The highest BCUT2D eigenvalue weighted by molar-refractivity contribution is 7.92. The van der Waals surface area contributed by atoms with E-state index in [4.69, 9.17) is 0 Å². The van der Waals surface area contributed by atoms with Crippen molar-refractivity contribution in [3.63, 3.8) is 0 Å². The highest BCUT2D eigenvalue weighted by Gasteiger charge is 2.27. The zero-order valence-electron chi connectivity index (χ0n) is 10.9. The lowest BCUT2D eigenvalue weighted by Crippen LogP contribution is -2.43. The van der Waals surface area contributed by atoms with E-state index in [1.807, 2.05) is 0 Å². The quantitative estimate of drug-likeness (QED) is 0.770. The molecule has 1 atom stereocenters. The largest absolute Gasteiger partial charge is 0.340 e. The first-order chi connectivity index (χ1) is 9.02. The maximum absolute atomic E-state index is 12.0. The molecular weight excluding hydrogens is 268 g/mol. The van der Waals surface area contributed by atoms with Crippen LogP contribution in [0.3, 0.4) is 0 Å². The predicted octanol–water partition coefficient (Wildman–Crippen LogP) is -0.124. The second-order valence-electron chi connectivity index (χ2n) is 4.69. The van der Waals surface area contributed by atoms with Crippen molar-refractivity contribution in [3.8, 4) is 0 Å². The van der Waals surface area contributed by atoms with E-state index in [-0.39, 0.29) is 17.7 Å². The van der Waals surface area contributed by atoms with Gasteiger partial charge in [0.1, 0.15) is 18.4 Å². The third kappa shape index (κ3) is 3.52. The van der Waals surface area contributed by atoms with Gasteiger partial charge in [0.25, 0.3) is 0 Å². The smallest absolute Gasteiger partial charge is 0.237 e. The molecule has 2 rings (SSSR count). The lowest BCUT2D eigenvalue weighted by molar-refractivity contribution is -0.130. The Morgan fingerprint density at radius 1 is 1.47 bits per heavy atom. The van der Waals surface area contributed by atoms with Crippen LogP contribution in [0.1, 0.15) is 25.8 Å². The minimum atomic E-state index is -3.27. The standard InChI is InChI=1S/C11H18N4O3S/c1-2-19(17,18)7-11(16)14-5-3-4-10(6-14)15-9-12-8-13-15/h8-10H,2-7H2,1H3.